The molecular formula is C17H16FN5OS. The number of rotatable bonds is 5. The molecule has 0 bridgehead atoms. The standard InChI is InChI=1S/C17H16FN5OS/c1-22(2)16(24)15(12-7-4-3-5-8-12)25-17-19-20-21-23(17)14-10-6-9-13(18)11-14/h3-11,15H,1-2H3/t15-/m1/s1. The summed E-state index contributed by atoms with van der Waals surface area (Å²) in [5.41, 5.74) is 1.34. The number of aromatic nitrogens is 4. The molecular weight excluding hydrogens is 341 g/mol. The summed E-state index contributed by atoms with van der Waals surface area (Å²) < 4.78 is 14.9. The maximum absolute atomic E-state index is 13.5. The van der Waals surface area contributed by atoms with E-state index in [1.165, 1.54) is 33.5 Å². The Labute approximate surface area is 148 Å². The molecule has 3 aromatic rings. The van der Waals surface area contributed by atoms with E-state index >= 15 is 0 Å². The summed E-state index contributed by atoms with van der Waals surface area (Å²) in [6.45, 7) is 0. The summed E-state index contributed by atoms with van der Waals surface area (Å²) in [4.78, 5) is 14.2. The second-order valence-corrected chi connectivity index (χ2v) is 6.57. The van der Waals surface area contributed by atoms with E-state index in [-0.39, 0.29) is 11.7 Å². The summed E-state index contributed by atoms with van der Waals surface area (Å²) >= 11 is 1.23. The van der Waals surface area contributed by atoms with Gasteiger partial charge in [-0.05, 0) is 34.2 Å². The van der Waals surface area contributed by atoms with Crippen LogP contribution >= 0.6 is 11.8 Å². The predicted octanol–water partition coefficient (Wildman–Crippen LogP) is 2.72. The van der Waals surface area contributed by atoms with Crippen LogP contribution in [0.2, 0.25) is 0 Å². The van der Waals surface area contributed by atoms with Gasteiger partial charge in [-0.2, -0.15) is 4.68 Å². The van der Waals surface area contributed by atoms with Gasteiger partial charge in [0, 0.05) is 14.1 Å². The van der Waals surface area contributed by atoms with Crippen molar-refractivity contribution in [2.24, 2.45) is 0 Å². The van der Waals surface area contributed by atoms with Gasteiger partial charge >= 0.3 is 0 Å². The van der Waals surface area contributed by atoms with Gasteiger partial charge in [0.1, 0.15) is 11.1 Å². The Morgan fingerprint density at radius 1 is 1.16 bits per heavy atom. The molecule has 1 atom stereocenters. The first kappa shape index (κ1) is 17.1. The van der Waals surface area contributed by atoms with Crippen molar-refractivity contribution < 1.29 is 9.18 Å². The molecule has 0 saturated heterocycles. The molecule has 1 heterocycles. The zero-order valence-corrected chi connectivity index (χ0v) is 14.5. The number of halogens is 1. The van der Waals surface area contributed by atoms with Gasteiger partial charge in [-0.1, -0.05) is 48.2 Å². The van der Waals surface area contributed by atoms with Crippen LogP contribution in [0.1, 0.15) is 10.8 Å². The van der Waals surface area contributed by atoms with E-state index in [1.54, 1.807) is 26.2 Å². The highest BCUT2D eigenvalue weighted by molar-refractivity contribution is 8.00. The maximum atomic E-state index is 13.5. The molecule has 0 fully saturated rings. The van der Waals surface area contributed by atoms with E-state index < -0.39 is 5.25 Å². The van der Waals surface area contributed by atoms with Crippen molar-refractivity contribution in [3.8, 4) is 5.69 Å². The average Bonchev–Trinajstić information content (AvgIpc) is 3.08. The second kappa shape index (κ2) is 7.43. The fourth-order valence-electron chi connectivity index (χ4n) is 2.25. The quantitative estimate of drug-likeness (QED) is 0.657. The first-order valence-electron chi connectivity index (χ1n) is 7.53. The van der Waals surface area contributed by atoms with Crippen LogP contribution < -0.4 is 0 Å². The van der Waals surface area contributed by atoms with Gasteiger partial charge in [0.25, 0.3) is 0 Å². The molecule has 0 unspecified atom stereocenters. The smallest absolute Gasteiger partial charge is 0.240 e. The fourth-order valence-corrected chi connectivity index (χ4v) is 3.39. The van der Waals surface area contributed by atoms with Gasteiger partial charge in [0.15, 0.2) is 0 Å². The van der Waals surface area contributed by atoms with Crippen molar-refractivity contribution in [1.29, 1.82) is 0 Å². The topological polar surface area (TPSA) is 63.9 Å². The molecule has 0 aliphatic rings. The zero-order chi connectivity index (χ0) is 17.8. The fraction of sp³-hybridized carbons (Fsp3) is 0.176. The summed E-state index contributed by atoms with van der Waals surface area (Å²) in [5.74, 6) is -0.460. The van der Waals surface area contributed by atoms with E-state index in [0.29, 0.717) is 10.8 Å². The van der Waals surface area contributed by atoms with Crippen LogP contribution in [0.3, 0.4) is 0 Å². The molecule has 8 heteroatoms. The van der Waals surface area contributed by atoms with Crippen LogP contribution in [0.4, 0.5) is 4.39 Å². The SMILES string of the molecule is CN(C)C(=O)[C@H](Sc1nnnn1-c1cccc(F)c1)c1ccccc1. The normalized spacial score (nSPS) is 12.0. The number of carbonyl (C=O) groups excluding carboxylic acids is 1. The van der Waals surface area contributed by atoms with E-state index in [1.807, 2.05) is 30.3 Å². The summed E-state index contributed by atoms with van der Waals surface area (Å²) in [7, 11) is 3.41. The van der Waals surface area contributed by atoms with Crippen molar-refractivity contribution in [3.05, 3.63) is 66.0 Å². The van der Waals surface area contributed by atoms with Gasteiger partial charge < -0.3 is 4.90 Å². The van der Waals surface area contributed by atoms with E-state index in [9.17, 15) is 9.18 Å². The Balaban J connectivity index is 1.96. The predicted molar refractivity (Wildman–Crippen MR) is 92.8 cm³/mol. The maximum Gasteiger partial charge on any atom is 0.240 e. The molecule has 0 saturated carbocycles. The minimum Gasteiger partial charge on any atom is -0.348 e. The van der Waals surface area contributed by atoms with E-state index in [2.05, 4.69) is 15.5 Å². The number of hydrogen-bond acceptors (Lipinski definition) is 5. The molecule has 6 nitrogen and oxygen atoms in total. The Kier molecular flexibility index (Phi) is 5.08. The Morgan fingerprint density at radius 2 is 1.92 bits per heavy atom. The first-order chi connectivity index (χ1) is 12.1. The summed E-state index contributed by atoms with van der Waals surface area (Å²) in [6, 6.07) is 15.4. The Hall–Kier alpha value is -2.74. The molecule has 2 aromatic carbocycles. The third-order valence-corrected chi connectivity index (χ3v) is 4.66. The minimum atomic E-state index is -0.505. The van der Waals surface area contributed by atoms with Crippen molar-refractivity contribution in [2.75, 3.05) is 14.1 Å². The summed E-state index contributed by atoms with van der Waals surface area (Å²) in [5, 5.41) is 11.5. The number of thioether (sulfide) groups is 1. The highest BCUT2D eigenvalue weighted by atomic mass is 32.2. The number of amides is 1. The molecule has 0 aliphatic heterocycles. The molecule has 0 spiro atoms. The molecule has 0 N–H and O–H groups in total. The molecule has 0 radical (unpaired) electrons. The lowest BCUT2D eigenvalue weighted by Gasteiger charge is -2.20. The van der Waals surface area contributed by atoms with E-state index in [0.717, 1.165) is 5.56 Å². The molecule has 1 aromatic heterocycles. The van der Waals surface area contributed by atoms with Gasteiger partial charge in [0.05, 0.1) is 5.69 Å². The van der Waals surface area contributed by atoms with Crippen LogP contribution in [-0.4, -0.2) is 45.1 Å². The molecule has 25 heavy (non-hydrogen) atoms. The monoisotopic (exact) mass is 357 g/mol. The van der Waals surface area contributed by atoms with Crippen LogP contribution in [0, 0.1) is 5.82 Å². The average molecular weight is 357 g/mol. The highest BCUT2D eigenvalue weighted by Gasteiger charge is 2.26. The minimum absolute atomic E-state index is 0.0787. The van der Waals surface area contributed by atoms with Gasteiger partial charge in [0.2, 0.25) is 11.1 Å². The third kappa shape index (κ3) is 3.85. The number of carbonyl (C=O) groups is 1. The largest absolute Gasteiger partial charge is 0.348 e. The number of nitrogens with zero attached hydrogens (tertiary/aromatic N) is 5. The van der Waals surface area contributed by atoms with Crippen molar-refractivity contribution in [1.82, 2.24) is 25.1 Å². The van der Waals surface area contributed by atoms with E-state index in [4.69, 9.17) is 0 Å². The Morgan fingerprint density at radius 3 is 2.60 bits per heavy atom. The van der Waals surface area contributed by atoms with Crippen molar-refractivity contribution in [3.63, 3.8) is 0 Å². The number of likely N-dealkylation sites (N-methyl/N-ethyl adjacent to an activating group) is 1. The van der Waals surface area contributed by atoms with Gasteiger partial charge in [-0.25, -0.2) is 4.39 Å². The summed E-state index contributed by atoms with van der Waals surface area (Å²) in [6.07, 6.45) is 0. The number of tetrazole rings is 1. The van der Waals surface area contributed by atoms with Crippen LogP contribution in [-0.2, 0) is 4.79 Å². The van der Waals surface area contributed by atoms with Crippen molar-refractivity contribution >= 4 is 17.7 Å². The molecule has 3 rings (SSSR count). The van der Waals surface area contributed by atoms with Gasteiger partial charge in [-0.15, -0.1) is 5.10 Å². The number of hydrogen-bond donors (Lipinski definition) is 0. The molecule has 0 aliphatic carbocycles. The third-order valence-electron chi connectivity index (χ3n) is 3.48. The second-order valence-electron chi connectivity index (χ2n) is 5.49. The van der Waals surface area contributed by atoms with Crippen LogP contribution in [0.15, 0.2) is 59.8 Å². The molecule has 1 amide bonds. The van der Waals surface area contributed by atoms with Crippen molar-refractivity contribution in [2.45, 2.75) is 10.4 Å². The molecule has 128 valence electrons. The zero-order valence-electron chi connectivity index (χ0n) is 13.7. The Bertz CT molecular complexity index is 868. The van der Waals surface area contributed by atoms with Gasteiger partial charge in [-0.3, -0.25) is 4.79 Å². The lowest BCUT2D eigenvalue weighted by Crippen LogP contribution is -2.27. The first-order valence-corrected chi connectivity index (χ1v) is 8.41. The van der Waals surface area contributed by atoms with Crippen LogP contribution in [0.25, 0.3) is 5.69 Å². The highest BCUT2D eigenvalue weighted by Crippen LogP contribution is 2.35. The lowest BCUT2D eigenvalue weighted by molar-refractivity contribution is -0.128. The number of benzene rings is 2. The van der Waals surface area contributed by atoms with Crippen LogP contribution in [0.5, 0.6) is 0 Å². The lowest BCUT2D eigenvalue weighted by atomic mass is 10.1.